The number of halogens is 2. The highest BCUT2D eigenvalue weighted by atomic mass is 79.9. The highest BCUT2D eigenvalue weighted by Gasteiger charge is 2.21. The zero-order valence-electron chi connectivity index (χ0n) is 8.59. The molecule has 0 fully saturated rings. The molecule has 1 aromatic carbocycles. The fraction of sp³-hybridized carbons (Fsp3) is 0. The number of nitrogens with zero attached hydrogens (tertiary/aromatic N) is 2. The van der Waals surface area contributed by atoms with Crippen LogP contribution in [-0.4, -0.2) is 18.6 Å². The Labute approximate surface area is 114 Å². The Morgan fingerprint density at radius 2 is 2.17 bits per heavy atom. The van der Waals surface area contributed by atoms with Crippen LogP contribution in [0, 0.1) is 5.82 Å². The smallest absolute Gasteiger partial charge is 0.266 e. The second-order valence-corrected chi connectivity index (χ2v) is 6.49. The molecule has 0 saturated carbocycles. The molecule has 0 amide bonds. The average molecular weight is 353 g/mol. The maximum absolute atomic E-state index is 13.6. The number of aromatic nitrogens is 2. The lowest BCUT2D eigenvalue weighted by molar-refractivity contribution is 0.570. The fourth-order valence-electron chi connectivity index (χ4n) is 1.14. The number of hydrogen-bond donors (Lipinski definition) is 2. The van der Waals surface area contributed by atoms with Crippen molar-refractivity contribution in [2.24, 2.45) is 0 Å². The second-order valence-electron chi connectivity index (χ2n) is 3.15. The lowest BCUT2D eigenvalue weighted by Gasteiger charge is -2.07. The fourth-order valence-corrected chi connectivity index (χ4v) is 3.24. The lowest BCUT2D eigenvalue weighted by Crippen LogP contribution is -2.15. The van der Waals surface area contributed by atoms with Crippen LogP contribution >= 0.6 is 27.3 Å². The zero-order valence-corrected chi connectivity index (χ0v) is 11.8. The summed E-state index contributed by atoms with van der Waals surface area (Å²) in [5.74, 6) is -0.909. The van der Waals surface area contributed by atoms with Crippen LogP contribution in [0.15, 0.2) is 27.0 Å². The highest BCUT2D eigenvalue weighted by molar-refractivity contribution is 9.10. The molecule has 0 radical (unpaired) electrons. The molecule has 0 aliphatic carbocycles. The molecule has 0 spiro atoms. The van der Waals surface area contributed by atoms with Gasteiger partial charge in [-0.1, -0.05) is 11.3 Å². The minimum absolute atomic E-state index is 0.0518. The molecule has 2 rings (SSSR count). The molecule has 2 aromatic rings. The van der Waals surface area contributed by atoms with Crippen LogP contribution in [0.1, 0.15) is 0 Å². The Kier molecular flexibility index (Phi) is 3.50. The monoisotopic (exact) mass is 352 g/mol. The maximum Gasteiger partial charge on any atom is 0.266 e. The van der Waals surface area contributed by atoms with Gasteiger partial charge in [0.25, 0.3) is 10.0 Å². The Balaban J connectivity index is 2.44. The van der Waals surface area contributed by atoms with Gasteiger partial charge >= 0.3 is 0 Å². The van der Waals surface area contributed by atoms with Crippen molar-refractivity contribution in [2.45, 2.75) is 4.90 Å². The van der Waals surface area contributed by atoms with E-state index in [9.17, 15) is 12.8 Å². The van der Waals surface area contributed by atoms with E-state index in [4.69, 9.17) is 5.73 Å². The molecule has 0 unspecified atom stereocenters. The largest absolute Gasteiger partial charge is 0.398 e. The van der Waals surface area contributed by atoms with Crippen molar-refractivity contribution in [3.63, 3.8) is 0 Å². The van der Waals surface area contributed by atoms with Gasteiger partial charge in [-0.15, -0.1) is 10.2 Å². The predicted molar refractivity (Wildman–Crippen MR) is 69.2 cm³/mol. The standard InChI is InChI=1S/C8H6BrFN4O2S2/c9-4-1-5(10)7(2-6(4)11)18(15,16)14-8-13-12-3-17-8/h1-3H,11H2,(H,13,14). The van der Waals surface area contributed by atoms with Crippen molar-refractivity contribution in [2.75, 3.05) is 10.5 Å². The van der Waals surface area contributed by atoms with Crippen LogP contribution in [0.3, 0.4) is 0 Å². The number of nitrogens with one attached hydrogen (secondary N) is 1. The molecule has 1 aromatic heterocycles. The van der Waals surface area contributed by atoms with Crippen molar-refractivity contribution in [1.29, 1.82) is 0 Å². The van der Waals surface area contributed by atoms with E-state index in [0.29, 0.717) is 0 Å². The topological polar surface area (TPSA) is 98.0 Å². The van der Waals surface area contributed by atoms with E-state index in [1.54, 1.807) is 0 Å². The van der Waals surface area contributed by atoms with Gasteiger partial charge in [-0.05, 0) is 28.1 Å². The first-order valence-electron chi connectivity index (χ1n) is 4.43. The number of anilines is 2. The average Bonchev–Trinajstić information content (AvgIpc) is 2.75. The van der Waals surface area contributed by atoms with E-state index in [-0.39, 0.29) is 15.3 Å². The normalized spacial score (nSPS) is 11.4. The first kappa shape index (κ1) is 13.2. The number of sulfonamides is 1. The van der Waals surface area contributed by atoms with Crippen molar-refractivity contribution in [3.05, 3.63) is 27.9 Å². The van der Waals surface area contributed by atoms with E-state index in [0.717, 1.165) is 23.5 Å². The number of nitrogen functional groups attached to an aromatic ring is 1. The summed E-state index contributed by atoms with van der Waals surface area (Å²) in [6.07, 6.45) is 0. The van der Waals surface area contributed by atoms with Gasteiger partial charge in [0, 0.05) is 10.2 Å². The minimum atomic E-state index is -4.07. The molecule has 0 bridgehead atoms. The number of benzene rings is 1. The van der Waals surface area contributed by atoms with Gasteiger partial charge in [-0.3, -0.25) is 4.72 Å². The molecular weight excluding hydrogens is 347 g/mol. The van der Waals surface area contributed by atoms with Gasteiger partial charge < -0.3 is 5.73 Å². The van der Waals surface area contributed by atoms with Crippen LogP contribution in [0.2, 0.25) is 0 Å². The van der Waals surface area contributed by atoms with Gasteiger partial charge in [-0.2, -0.15) is 0 Å². The number of rotatable bonds is 3. The Morgan fingerprint density at radius 3 is 2.78 bits per heavy atom. The molecule has 0 aliphatic rings. The molecule has 1 heterocycles. The minimum Gasteiger partial charge on any atom is -0.398 e. The Morgan fingerprint density at radius 1 is 1.44 bits per heavy atom. The van der Waals surface area contributed by atoms with Gasteiger partial charge in [0.15, 0.2) is 0 Å². The highest BCUT2D eigenvalue weighted by Crippen LogP contribution is 2.27. The first-order valence-corrected chi connectivity index (χ1v) is 7.59. The SMILES string of the molecule is Nc1cc(S(=O)(=O)Nc2nncs2)c(F)cc1Br. The molecule has 3 N–H and O–H groups in total. The lowest BCUT2D eigenvalue weighted by atomic mass is 10.3. The number of nitrogens with two attached hydrogens (primary N) is 1. The van der Waals surface area contributed by atoms with E-state index in [1.165, 1.54) is 5.51 Å². The Hall–Kier alpha value is -1.26. The molecule has 0 atom stereocenters. The van der Waals surface area contributed by atoms with Crippen LogP contribution < -0.4 is 10.5 Å². The summed E-state index contributed by atoms with van der Waals surface area (Å²) < 4.78 is 39.8. The molecule has 18 heavy (non-hydrogen) atoms. The van der Waals surface area contributed by atoms with Gasteiger partial charge in [0.2, 0.25) is 5.13 Å². The maximum atomic E-state index is 13.6. The molecule has 10 heteroatoms. The van der Waals surface area contributed by atoms with Crippen molar-refractivity contribution >= 4 is 48.1 Å². The molecule has 6 nitrogen and oxygen atoms in total. The van der Waals surface area contributed by atoms with Crippen LogP contribution in [-0.2, 0) is 10.0 Å². The summed E-state index contributed by atoms with van der Waals surface area (Å²) in [6.45, 7) is 0. The van der Waals surface area contributed by atoms with Crippen molar-refractivity contribution in [1.82, 2.24) is 10.2 Å². The van der Waals surface area contributed by atoms with Gasteiger partial charge in [0.05, 0.1) is 0 Å². The summed E-state index contributed by atoms with van der Waals surface area (Å²) in [4.78, 5) is -0.543. The molecule has 0 aliphatic heterocycles. The summed E-state index contributed by atoms with van der Waals surface area (Å²) >= 11 is 3.99. The van der Waals surface area contributed by atoms with E-state index >= 15 is 0 Å². The van der Waals surface area contributed by atoms with Crippen LogP contribution in [0.25, 0.3) is 0 Å². The summed E-state index contributed by atoms with van der Waals surface area (Å²) in [6, 6.07) is 2.02. The van der Waals surface area contributed by atoms with Crippen molar-refractivity contribution in [3.8, 4) is 0 Å². The summed E-state index contributed by atoms with van der Waals surface area (Å²) in [5.41, 5.74) is 7.00. The van der Waals surface area contributed by atoms with Crippen LogP contribution in [0.5, 0.6) is 0 Å². The summed E-state index contributed by atoms with van der Waals surface area (Å²) in [5, 5.41) is 7.03. The third-order valence-corrected chi connectivity index (χ3v) is 4.70. The van der Waals surface area contributed by atoms with Crippen molar-refractivity contribution < 1.29 is 12.8 Å². The van der Waals surface area contributed by atoms with E-state index in [1.807, 2.05) is 0 Å². The molecule has 0 saturated heterocycles. The van der Waals surface area contributed by atoms with Gasteiger partial charge in [0.1, 0.15) is 16.2 Å². The zero-order chi connectivity index (χ0) is 13.3. The van der Waals surface area contributed by atoms with E-state index < -0.39 is 20.7 Å². The molecular formula is C8H6BrFN4O2S2. The second kappa shape index (κ2) is 4.78. The quantitative estimate of drug-likeness (QED) is 0.821. The first-order chi connectivity index (χ1) is 8.40. The third-order valence-electron chi connectivity index (χ3n) is 1.92. The summed E-state index contributed by atoms with van der Waals surface area (Å²) in [7, 11) is -4.07. The van der Waals surface area contributed by atoms with E-state index in [2.05, 4.69) is 30.8 Å². The number of hydrogen-bond acceptors (Lipinski definition) is 6. The van der Waals surface area contributed by atoms with Crippen LogP contribution in [0.4, 0.5) is 15.2 Å². The predicted octanol–water partition coefficient (Wildman–Crippen LogP) is 1.82. The third kappa shape index (κ3) is 2.60. The Bertz CT molecular complexity index is 675. The van der Waals surface area contributed by atoms with Gasteiger partial charge in [-0.25, -0.2) is 12.8 Å². The molecule has 96 valence electrons.